The van der Waals surface area contributed by atoms with Crippen molar-refractivity contribution in [3.8, 4) is 0 Å². The lowest BCUT2D eigenvalue weighted by Gasteiger charge is -2.17. The summed E-state index contributed by atoms with van der Waals surface area (Å²) >= 11 is 9.85. The molecule has 1 aliphatic carbocycles. The molecular formula is C15H18BrClN2. The van der Waals surface area contributed by atoms with E-state index in [0.29, 0.717) is 6.04 Å². The summed E-state index contributed by atoms with van der Waals surface area (Å²) in [5.41, 5.74) is 2.25. The smallest absolute Gasteiger partial charge is 0.127 e. The molecule has 3 atom stereocenters. The van der Waals surface area contributed by atoms with Crippen molar-refractivity contribution in [1.82, 2.24) is 9.55 Å². The van der Waals surface area contributed by atoms with Gasteiger partial charge in [-0.1, -0.05) is 22.9 Å². The molecule has 0 N–H and O–H groups in total. The van der Waals surface area contributed by atoms with Gasteiger partial charge in [-0.2, -0.15) is 0 Å². The molecule has 1 aromatic heterocycles. The van der Waals surface area contributed by atoms with Crippen LogP contribution in [0.3, 0.4) is 0 Å². The molecule has 2 aromatic rings. The zero-order valence-corrected chi connectivity index (χ0v) is 13.6. The van der Waals surface area contributed by atoms with E-state index in [1.807, 2.05) is 6.92 Å². The Morgan fingerprint density at radius 3 is 2.84 bits per heavy atom. The van der Waals surface area contributed by atoms with E-state index in [9.17, 15) is 0 Å². The van der Waals surface area contributed by atoms with Crippen LogP contribution in [-0.2, 0) is 0 Å². The first-order chi connectivity index (χ1) is 9.06. The number of halogens is 2. The van der Waals surface area contributed by atoms with Gasteiger partial charge in [0.25, 0.3) is 0 Å². The minimum Gasteiger partial charge on any atom is -0.324 e. The molecular weight excluding hydrogens is 324 g/mol. The molecule has 0 bridgehead atoms. The van der Waals surface area contributed by atoms with Crippen LogP contribution in [-0.4, -0.2) is 9.55 Å². The minimum absolute atomic E-state index is 0.0536. The van der Waals surface area contributed by atoms with Gasteiger partial charge in [-0.15, -0.1) is 11.6 Å². The van der Waals surface area contributed by atoms with Crippen molar-refractivity contribution in [3.63, 3.8) is 0 Å². The molecule has 1 fully saturated rings. The first kappa shape index (κ1) is 13.4. The number of rotatable bonds is 2. The Kier molecular flexibility index (Phi) is 3.61. The Morgan fingerprint density at radius 2 is 2.21 bits per heavy atom. The van der Waals surface area contributed by atoms with Gasteiger partial charge in [0.1, 0.15) is 5.82 Å². The third-order valence-corrected chi connectivity index (χ3v) is 4.76. The highest BCUT2D eigenvalue weighted by Gasteiger charge is 2.27. The Labute approximate surface area is 127 Å². The third kappa shape index (κ3) is 2.43. The van der Waals surface area contributed by atoms with Crippen LogP contribution in [0.2, 0.25) is 0 Å². The van der Waals surface area contributed by atoms with E-state index in [1.54, 1.807) is 0 Å². The standard InChI is InChI=1S/C15H18BrClN2/c1-9-3-5-12(7-9)19-14-6-4-11(16)8-13(14)18-15(19)10(2)17/h4,6,8-10,12H,3,5,7H2,1-2H3. The zero-order chi connectivity index (χ0) is 13.6. The average Bonchev–Trinajstić information content (AvgIpc) is 2.91. The quantitative estimate of drug-likeness (QED) is 0.663. The predicted molar refractivity (Wildman–Crippen MR) is 83.8 cm³/mol. The lowest BCUT2D eigenvalue weighted by atomic mass is 10.1. The van der Waals surface area contributed by atoms with Crippen molar-refractivity contribution in [3.05, 3.63) is 28.5 Å². The van der Waals surface area contributed by atoms with E-state index in [2.05, 4.69) is 45.6 Å². The molecule has 19 heavy (non-hydrogen) atoms. The highest BCUT2D eigenvalue weighted by molar-refractivity contribution is 9.10. The molecule has 1 aliphatic rings. The Balaban J connectivity index is 2.16. The summed E-state index contributed by atoms with van der Waals surface area (Å²) in [5.74, 6) is 1.81. The summed E-state index contributed by atoms with van der Waals surface area (Å²) in [6.07, 6.45) is 3.77. The summed E-state index contributed by atoms with van der Waals surface area (Å²) in [7, 11) is 0. The second-order valence-electron chi connectivity index (χ2n) is 5.66. The average molecular weight is 342 g/mol. The Bertz CT molecular complexity index is 605. The van der Waals surface area contributed by atoms with Gasteiger partial charge in [-0.05, 0) is 50.3 Å². The lowest BCUT2D eigenvalue weighted by Crippen LogP contribution is -2.10. The molecule has 0 amide bonds. The molecule has 102 valence electrons. The monoisotopic (exact) mass is 340 g/mol. The van der Waals surface area contributed by atoms with Crippen molar-refractivity contribution < 1.29 is 0 Å². The van der Waals surface area contributed by atoms with Gasteiger partial charge in [-0.3, -0.25) is 0 Å². The van der Waals surface area contributed by atoms with Crippen molar-refractivity contribution in [2.24, 2.45) is 5.92 Å². The molecule has 0 radical (unpaired) electrons. The van der Waals surface area contributed by atoms with E-state index >= 15 is 0 Å². The largest absolute Gasteiger partial charge is 0.324 e. The molecule has 1 saturated carbocycles. The molecule has 3 rings (SSSR count). The maximum absolute atomic E-state index is 6.34. The molecule has 1 heterocycles. The second kappa shape index (κ2) is 5.10. The van der Waals surface area contributed by atoms with Crippen LogP contribution >= 0.6 is 27.5 Å². The fourth-order valence-electron chi connectivity index (χ4n) is 3.17. The molecule has 0 saturated heterocycles. The van der Waals surface area contributed by atoms with Gasteiger partial charge in [0, 0.05) is 10.5 Å². The first-order valence-corrected chi connectivity index (χ1v) is 8.10. The predicted octanol–water partition coefficient (Wildman–Crippen LogP) is 5.46. The highest BCUT2D eigenvalue weighted by Crippen LogP contribution is 2.39. The third-order valence-electron chi connectivity index (χ3n) is 4.07. The summed E-state index contributed by atoms with van der Waals surface area (Å²) in [5, 5.41) is -0.0536. The number of fused-ring (bicyclic) bond motifs is 1. The van der Waals surface area contributed by atoms with Crippen LogP contribution in [0.15, 0.2) is 22.7 Å². The fraction of sp³-hybridized carbons (Fsp3) is 0.533. The number of alkyl halides is 1. The van der Waals surface area contributed by atoms with Gasteiger partial charge in [0.05, 0.1) is 16.4 Å². The summed E-state index contributed by atoms with van der Waals surface area (Å²) in [6, 6.07) is 6.87. The summed E-state index contributed by atoms with van der Waals surface area (Å²) < 4.78 is 3.45. The normalized spacial score (nSPS) is 25.1. The van der Waals surface area contributed by atoms with E-state index in [4.69, 9.17) is 16.6 Å². The number of hydrogen-bond acceptors (Lipinski definition) is 1. The number of aromatic nitrogens is 2. The van der Waals surface area contributed by atoms with Crippen molar-refractivity contribution >= 4 is 38.6 Å². The van der Waals surface area contributed by atoms with Crippen LogP contribution in [0.1, 0.15) is 50.4 Å². The summed E-state index contributed by atoms with van der Waals surface area (Å²) in [4.78, 5) is 4.74. The van der Waals surface area contributed by atoms with Gasteiger partial charge in [0.15, 0.2) is 0 Å². The lowest BCUT2D eigenvalue weighted by molar-refractivity contribution is 0.488. The fourth-order valence-corrected chi connectivity index (χ4v) is 3.67. The molecule has 0 aliphatic heterocycles. The molecule has 0 spiro atoms. The van der Waals surface area contributed by atoms with E-state index in [0.717, 1.165) is 21.7 Å². The maximum Gasteiger partial charge on any atom is 0.127 e. The van der Waals surface area contributed by atoms with E-state index < -0.39 is 0 Å². The Hall–Kier alpha value is -0.540. The van der Waals surface area contributed by atoms with Crippen LogP contribution in [0.4, 0.5) is 0 Å². The van der Waals surface area contributed by atoms with Crippen molar-refractivity contribution in [1.29, 1.82) is 0 Å². The Morgan fingerprint density at radius 1 is 1.42 bits per heavy atom. The van der Waals surface area contributed by atoms with Gasteiger partial charge < -0.3 is 4.57 Å². The number of nitrogens with zero attached hydrogens (tertiary/aromatic N) is 2. The molecule has 3 unspecified atom stereocenters. The minimum atomic E-state index is -0.0536. The number of hydrogen-bond donors (Lipinski definition) is 0. The maximum atomic E-state index is 6.34. The summed E-state index contributed by atoms with van der Waals surface area (Å²) in [6.45, 7) is 4.34. The van der Waals surface area contributed by atoms with Gasteiger partial charge >= 0.3 is 0 Å². The van der Waals surface area contributed by atoms with Crippen LogP contribution in [0, 0.1) is 5.92 Å². The van der Waals surface area contributed by atoms with Crippen LogP contribution < -0.4 is 0 Å². The number of imidazole rings is 1. The molecule has 4 heteroatoms. The van der Waals surface area contributed by atoms with Crippen LogP contribution in [0.5, 0.6) is 0 Å². The zero-order valence-electron chi connectivity index (χ0n) is 11.2. The first-order valence-electron chi connectivity index (χ1n) is 6.87. The van der Waals surface area contributed by atoms with Crippen molar-refractivity contribution in [2.45, 2.75) is 44.5 Å². The number of benzene rings is 1. The van der Waals surface area contributed by atoms with E-state index in [-0.39, 0.29) is 5.38 Å². The van der Waals surface area contributed by atoms with Crippen molar-refractivity contribution in [2.75, 3.05) is 0 Å². The second-order valence-corrected chi connectivity index (χ2v) is 7.23. The van der Waals surface area contributed by atoms with E-state index in [1.165, 1.54) is 24.8 Å². The van der Waals surface area contributed by atoms with Gasteiger partial charge in [0.2, 0.25) is 0 Å². The highest BCUT2D eigenvalue weighted by atomic mass is 79.9. The molecule has 1 aromatic carbocycles. The SMILES string of the molecule is CC1CCC(n2c(C(C)Cl)nc3cc(Br)ccc32)C1. The topological polar surface area (TPSA) is 17.8 Å². The van der Waals surface area contributed by atoms with Gasteiger partial charge in [-0.25, -0.2) is 4.98 Å². The molecule has 2 nitrogen and oxygen atoms in total. The van der Waals surface area contributed by atoms with Crippen LogP contribution in [0.25, 0.3) is 11.0 Å².